The summed E-state index contributed by atoms with van der Waals surface area (Å²) in [5, 5.41) is 3.14. The largest absolute Gasteiger partial charge is 0.384 e. The summed E-state index contributed by atoms with van der Waals surface area (Å²) >= 11 is 0. The number of amides is 2. The maximum Gasteiger partial charge on any atom is 0.250 e. The average molecular weight is 263 g/mol. The smallest absolute Gasteiger partial charge is 0.250 e. The van der Waals surface area contributed by atoms with E-state index in [2.05, 4.69) is 12.2 Å². The average Bonchev–Trinajstić information content (AvgIpc) is 2.35. The van der Waals surface area contributed by atoms with E-state index in [0.717, 1.165) is 25.8 Å². The van der Waals surface area contributed by atoms with Crippen molar-refractivity contribution in [3.05, 3.63) is 28.8 Å². The van der Waals surface area contributed by atoms with Crippen molar-refractivity contribution >= 4 is 17.5 Å². The van der Waals surface area contributed by atoms with Crippen LogP contribution in [0.2, 0.25) is 0 Å². The van der Waals surface area contributed by atoms with Gasteiger partial charge in [0.05, 0.1) is 5.56 Å². The predicted molar refractivity (Wildman–Crippen MR) is 76.2 cm³/mol. The predicted octanol–water partition coefficient (Wildman–Crippen LogP) is 1.79. The highest BCUT2D eigenvalue weighted by Crippen LogP contribution is 2.21. The van der Waals surface area contributed by atoms with E-state index in [1.807, 2.05) is 0 Å². The second-order valence-corrected chi connectivity index (χ2v) is 4.58. The number of unbranched alkanes of at least 4 members (excludes halogenated alkanes) is 2. The summed E-state index contributed by atoms with van der Waals surface area (Å²) < 4.78 is 0. The van der Waals surface area contributed by atoms with E-state index in [-0.39, 0.29) is 0 Å². The van der Waals surface area contributed by atoms with Gasteiger partial charge in [0.1, 0.15) is 0 Å². The maximum atomic E-state index is 11.4. The zero-order valence-corrected chi connectivity index (χ0v) is 11.5. The summed E-state index contributed by atoms with van der Waals surface area (Å²) in [4.78, 5) is 22.7. The highest BCUT2D eigenvalue weighted by Gasteiger charge is 2.14. The first kappa shape index (κ1) is 15.0. The first-order valence-corrected chi connectivity index (χ1v) is 6.45. The lowest BCUT2D eigenvalue weighted by molar-refractivity contribution is 0.0988. The molecule has 0 aliphatic carbocycles. The second kappa shape index (κ2) is 6.78. The fourth-order valence-electron chi connectivity index (χ4n) is 1.92. The Morgan fingerprint density at radius 2 is 1.74 bits per heavy atom. The van der Waals surface area contributed by atoms with Crippen LogP contribution < -0.4 is 16.8 Å². The zero-order valence-electron chi connectivity index (χ0n) is 11.5. The van der Waals surface area contributed by atoms with E-state index >= 15 is 0 Å². The van der Waals surface area contributed by atoms with E-state index in [1.165, 1.54) is 0 Å². The van der Waals surface area contributed by atoms with Gasteiger partial charge in [0, 0.05) is 17.8 Å². The summed E-state index contributed by atoms with van der Waals surface area (Å²) in [6, 6.07) is 3.20. The Labute approximate surface area is 113 Å². The lowest BCUT2D eigenvalue weighted by Gasteiger charge is -2.13. The van der Waals surface area contributed by atoms with Crippen LogP contribution in [0.15, 0.2) is 12.1 Å². The molecule has 0 aliphatic rings. The number of carbonyl (C=O) groups is 2. The fourth-order valence-corrected chi connectivity index (χ4v) is 1.92. The third kappa shape index (κ3) is 3.98. The van der Waals surface area contributed by atoms with Crippen molar-refractivity contribution in [2.45, 2.75) is 33.1 Å². The number of hydrogen-bond acceptors (Lipinski definition) is 3. The molecule has 19 heavy (non-hydrogen) atoms. The van der Waals surface area contributed by atoms with Crippen LogP contribution in [-0.2, 0) is 0 Å². The van der Waals surface area contributed by atoms with Crippen LogP contribution in [0, 0.1) is 6.92 Å². The number of nitrogens with one attached hydrogen (secondary N) is 1. The minimum atomic E-state index is -0.517. The number of benzene rings is 1. The van der Waals surface area contributed by atoms with E-state index in [1.54, 1.807) is 19.1 Å². The Kier molecular flexibility index (Phi) is 5.36. The van der Waals surface area contributed by atoms with Crippen molar-refractivity contribution in [3.63, 3.8) is 0 Å². The maximum absolute atomic E-state index is 11.4. The highest BCUT2D eigenvalue weighted by molar-refractivity contribution is 6.02. The van der Waals surface area contributed by atoms with Crippen LogP contribution in [0.1, 0.15) is 52.5 Å². The Bertz CT molecular complexity index is 484. The third-order valence-electron chi connectivity index (χ3n) is 2.99. The molecule has 2 amide bonds. The molecule has 0 bridgehead atoms. The molecule has 0 radical (unpaired) electrons. The Hall–Kier alpha value is -2.04. The van der Waals surface area contributed by atoms with Gasteiger partial charge in [0.15, 0.2) is 0 Å². The third-order valence-corrected chi connectivity index (χ3v) is 2.99. The molecule has 0 spiro atoms. The van der Waals surface area contributed by atoms with Crippen molar-refractivity contribution < 1.29 is 9.59 Å². The van der Waals surface area contributed by atoms with Crippen molar-refractivity contribution in [1.29, 1.82) is 0 Å². The topological polar surface area (TPSA) is 98.2 Å². The minimum absolute atomic E-state index is 0.388. The molecule has 0 saturated heterocycles. The van der Waals surface area contributed by atoms with E-state index < -0.39 is 11.8 Å². The summed E-state index contributed by atoms with van der Waals surface area (Å²) in [6.45, 7) is 4.58. The van der Waals surface area contributed by atoms with Crippen LogP contribution >= 0.6 is 0 Å². The van der Waals surface area contributed by atoms with Crippen LogP contribution in [0.4, 0.5) is 5.69 Å². The minimum Gasteiger partial charge on any atom is -0.384 e. The van der Waals surface area contributed by atoms with Gasteiger partial charge in [-0.05, 0) is 31.0 Å². The van der Waals surface area contributed by atoms with Gasteiger partial charge in [0.25, 0.3) is 5.91 Å². The summed E-state index contributed by atoms with van der Waals surface area (Å²) in [5.41, 5.74) is 12.7. The summed E-state index contributed by atoms with van der Waals surface area (Å²) in [6.07, 6.45) is 3.21. The molecular formula is C14H21N3O2. The molecule has 0 atom stereocenters. The van der Waals surface area contributed by atoms with Crippen LogP contribution in [0.25, 0.3) is 0 Å². The molecular weight excluding hydrogens is 242 g/mol. The van der Waals surface area contributed by atoms with Gasteiger partial charge in [-0.15, -0.1) is 0 Å². The van der Waals surface area contributed by atoms with Gasteiger partial charge in [-0.25, -0.2) is 0 Å². The SMILES string of the molecule is CCCCCNc1cc(C(N)=O)c(C)cc1C(N)=O. The number of hydrogen-bond donors (Lipinski definition) is 3. The first-order chi connectivity index (χ1) is 8.97. The number of nitrogens with two attached hydrogens (primary N) is 2. The van der Waals surface area contributed by atoms with Gasteiger partial charge >= 0.3 is 0 Å². The molecule has 5 nitrogen and oxygen atoms in total. The summed E-state index contributed by atoms with van der Waals surface area (Å²) in [7, 11) is 0. The normalized spacial score (nSPS) is 10.2. The van der Waals surface area contributed by atoms with E-state index in [9.17, 15) is 9.59 Å². The molecule has 104 valence electrons. The van der Waals surface area contributed by atoms with Crippen molar-refractivity contribution in [2.24, 2.45) is 11.5 Å². The molecule has 1 aromatic carbocycles. The standard InChI is InChI=1S/C14H21N3O2/c1-3-4-5-6-17-12-8-10(13(15)18)9(2)7-11(12)14(16)19/h7-8,17H,3-6H2,1-2H3,(H2,15,18)(H2,16,19). The number of anilines is 1. The number of rotatable bonds is 7. The van der Waals surface area contributed by atoms with E-state index in [0.29, 0.717) is 22.4 Å². The van der Waals surface area contributed by atoms with Gasteiger partial charge in [0.2, 0.25) is 5.91 Å². The van der Waals surface area contributed by atoms with Crippen LogP contribution in [0.5, 0.6) is 0 Å². The molecule has 0 fully saturated rings. The second-order valence-electron chi connectivity index (χ2n) is 4.58. The number of primary amides is 2. The Morgan fingerprint density at radius 3 is 2.26 bits per heavy atom. The molecule has 5 N–H and O–H groups in total. The van der Waals surface area contributed by atoms with Crippen LogP contribution in [-0.4, -0.2) is 18.4 Å². The number of aryl methyl sites for hydroxylation is 1. The molecule has 0 heterocycles. The molecule has 5 heteroatoms. The van der Waals surface area contributed by atoms with Gasteiger partial charge < -0.3 is 16.8 Å². The highest BCUT2D eigenvalue weighted by atomic mass is 16.1. The molecule has 0 aromatic heterocycles. The first-order valence-electron chi connectivity index (χ1n) is 6.45. The van der Waals surface area contributed by atoms with E-state index in [4.69, 9.17) is 11.5 Å². The number of carbonyl (C=O) groups excluding carboxylic acids is 2. The monoisotopic (exact) mass is 263 g/mol. The molecule has 1 aromatic rings. The summed E-state index contributed by atoms with van der Waals surface area (Å²) in [5.74, 6) is -1.03. The van der Waals surface area contributed by atoms with Gasteiger partial charge in [-0.2, -0.15) is 0 Å². The quantitative estimate of drug-likeness (QED) is 0.654. The van der Waals surface area contributed by atoms with Crippen LogP contribution in [0.3, 0.4) is 0 Å². The molecule has 0 saturated carbocycles. The Morgan fingerprint density at radius 1 is 1.11 bits per heavy atom. The lowest BCUT2D eigenvalue weighted by atomic mass is 10.0. The van der Waals surface area contributed by atoms with Gasteiger partial charge in [-0.3, -0.25) is 9.59 Å². The molecule has 0 aliphatic heterocycles. The van der Waals surface area contributed by atoms with Crippen molar-refractivity contribution in [1.82, 2.24) is 0 Å². The molecule has 0 unspecified atom stereocenters. The Balaban J connectivity index is 3.01. The van der Waals surface area contributed by atoms with Gasteiger partial charge in [-0.1, -0.05) is 19.8 Å². The zero-order chi connectivity index (χ0) is 14.4. The fraction of sp³-hybridized carbons (Fsp3) is 0.429. The molecule has 1 rings (SSSR count). The van der Waals surface area contributed by atoms with Crippen molar-refractivity contribution in [2.75, 3.05) is 11.9 Å². The lowest BCUT2D eigenvalue weighted by Crippen LogP contribution is -2.19. The van der Waals surface area contributed by atoms with Crippen molar-refractivity contribution in [3.8, 4) is 0 Å².